The summed E-state index contributed by atoms with van der Waals surface area (Å²) >= 11 is 3.52. The van der Waals surface area contributed by atoms with Crippen molar-refractivity contribution < 1.29 is 9.53 Å². The van der Waals surface area contributed by atoms with Gasteiger partial charge in [-0.05, 0) is 49.3 Å². The first-order valence-corrected chi connectivity index (χ1v) is 7.18. The number of rotatable bonds is 4. The molecule has 1 aliphatic rings. The van der Waals surface area contributed by atoms with Crippen molar-refractivity contribution in [3.8, 4) is 5.75 Å². The molecule has 1 aromatic rings. The minimum Gasteiger partial charge on any atom is -0.487 e. The van der Waals surface area contributed by atoms with Crippen molar-refractivity contribution in [2.24, 2.45) is 0 Å². The van der Waals surface area contributed by atoms with E-state index < -0.39 is 0 Å². The first kappa shape index (κ1) is 14.3. The summed E-state index contributed by atoms with van der Waals surface area (Å²) in [7, 11) is 1.78. The molecule has 0 saturated heterocycles. The molecular weight excluding hydrogens is 308 g/mol. The van der Waals surface area contributed by atoms with Crippen LogP contribution >= 0.6 is 15.9 Å². The summed E-state index contributed by atoms with van der Waals surface area (Å²) < 4.78 is 6.86. The molecule has 4 nitrogen and oxygen atoms in total. The molecule has 104 valence electrons. The van der Waals surface area contributed by atoms with E-state index in [0.717, 1.165) is 27.9 Å². The highest BCUT2D eigenvalue weighted by atomic mass is 79.9. The Morgan fingerprint density at radius 1 is 1.47 bits per heavy atom. The van der Waals surface area contributed by atoms with E-state index in [2.05, 4.69) is 33.5 Å². The van der Waals surface area contributed by atoms with Crippen LogP contribution in [0.5, 0.6) is 5.75 Å². The summed E-state index contributed by atoms with van der Waals surface area (Å²) in [5, 5.41) is 5.87. The molecule has 2 rings (SSSR count). The Morgan fingerprint density at radius 2 is 2.16 bits per heavy atom. The topological polar surface area (TPSA) is 50.4 Å². The minimum atomic E-state index is -0.292. The number of anilines is 1. The molecule has 1 atom stereocenters. The van der Waals surface area contributed by atoms with E-state index >= 15 is 0 Å². The fourth-order valence-corrected chi connectivity index (χ4v) is 2.44. The van der Waals surface area contributed by atoms with E-state index in [4.69, 9.17) is 4.74 Å². The van der Waals surface area contributed by atoms with Gasteiger partial charge < -0.3 is 15.4 Å². The zero-order valence-electron chi connectivity index (χ0n) is 11.6. The van der Waals surface area contributed by atoms with Crippen molar-refractivity contribution in [2.45, 2.75) is 38.8 Å². The molecular formula is C14H19BrN2O2. The van der Waals surface area contributed by atoms with Crippen LogP contribution in [0.3, 0.4) is 0 Å². The Balaban J connectivity index is 2.36. The Morgan fingerprint density at radius 3 is 2.74 bits per heavy atom. The molecule has 2 N–H and O–H groups in total. The van der Waals surface area contributed by atoms with Gasteiger partial charge in [-0.1, -0.05) is 6.92 Å². The van der Waals surface area contributed by atoms with Crippen LogP contribution in [0.15, 0.2) is 16.6 Å². The predicted molar refractivity (Wildman–Crippen MR) is 79.6 cm³/mol. The second-order valence-corrected chi connectivity index (χ2v) is 6.15. The quantitative estimate of drug-likeness (QED) is 0.893. The molecule has 1 unspecified atom stereocenters. The zero-order valence-corrected chi connectivity index (χ0v) is 13.2. The Labute approximate surface area is 122 Å². The van der Waals surface area contributed by atoms with Gasteiger partial charge in [0.15, 0.2) is 0 Å². The summed E-state index contributed by atoms with van der Waals surface area (Å²) in [6.07, 6.45) is 0.905. The normalized spacial score (nSPS) is 18.2. The molecule has 0 spiro atoms. The monoisotopic (exact) mass is 326 g/mol. The maximum atomic E-state index is 11.8. The van der Waals surface area contributed by atoms with Crippen molar-refractivity contribution in [3.05, 3.63) is 22.2 Å². The largest absolute Gasteiger partial charge is 0.487 e. The summed E-state index contributed by atoms with van der Waals surface area (Å²) in [6, 6.07) is 3.53. The highest BCUT2D eigenvalue weighted by molar-refractivity contribution is 9.10. The van der Waals surface area contributed by atoms with Gasteiger partial charge in [0.1, 0.15) is 17.4 Å². The highest BCUT2D eigenvalue weighted by Gasteiger charge is 2.31. The Kier molecular flexibility index (Phi) is 3.87. The number of ether oxygens (including phenoxy) is 1. The van der Waals surface area contributed by atoms with Gasteiger partial charge in [0.2, 0.25) is 5.91 Å². The lowest BCUT2D eigenvalue weighted by molar-refractivity contribution is -0.117. The minimum absolute atomic E-state index is 0.0312. The standard InChI is InChI=1S/C14H19BrN2O2/c1-5-14(2,3)19-11-7-10-8(6-9(11)15)12(16-4)13(18)17-10/h6-7,12,16H,5H2,1-4H3,(H,17,18). The van der Waals surface area contributed by atoms with E-state index in [0.29, 0.717) is 0 Å². The number of carbonyl (C=O) groups excluding carboxylic acids is 1. The summed E-state index contributed by atoms with van der Waals surface area (Å²) in [5.41, 5.74) is 1.53. The fourth-order valence-electron chi connectivity index (χ4n) is 2.00. The molecule has 0 radical (unpaired) electrons. The lowest BCUT2D eigenvalue weighted by Gasteiger charge is -2.26. The molecule has 1 amide bonds. The van der Waals surface area contributed by atoms with Crippen molar-refractivity contribution in [1.82, 2.24) is 5.32 Å². The molecule has 0 aliphatic carbocycles. The lowest BCUT2D eigenvalue weighted by atomic mass is 10.1. The number of hydrogen-bond acceptors (Lipinski definition) is 3. The fraction of sp³-hybridized carbons (Fsp3) is 0.500. The summed E-state index contributed by atoms with van der Waals surface area (Å²) in [6.45, 7) is 6.17. The molecule has 1 aromatic carbocycles. The van der Waals surface area contributed by atoms with Gasteiger partial charge in [-0.25, -0.2) is 0 Å². The third kappa shape index (κ3) is 2.77. The van der Waals surface area contributed by atoms with E-state index in [1.807, 2.05) is 26.0 Å². The summed E-state index contributed by atoms with van der Waals surface area (Å²) in [4.78, 5) is 11.8. The number of halogens is 1. The van der Waals surface area contributed by atoms with Crippen LogP contribution in [-0.4, -0.2) is 18.6 Å². The first-order valence-electron chi connectivity index (χ1n) is 6.38. The van der Waals surface area contributed by atoms with Gasteiger partial charge in [0.05, 0.1) is 4.47 Å². The SMILES string of the molecule is CCC(C)(C)Oc1cc2c(cc1Br)C(NC)C(=O)N2. The number of benzene rings is 1. The smallest absolute Gasteiger partial charge is 0.246 e. The number of nitrogens with one attached hydrogen (secondary N) is 2. The van der Waals surface area contributed by atoms with E-state index in [-0.39, 0.29) is 17.6 Å². The van der Waals surface area contributed by atoms with E-state index in [9.17, 15) is 4.79 Å². The van der Waals surface area contributed by atoms with Gasteiger partial charge in [0, 0.05) is 17.3 Å². The van der Waals surface area contributed by atoms with Crippen molar-refractivity contribution in [2.75, 3.05) is 12.4 Å². The van der Waals surface area contributed by atoms with Crippen LogP contribution in [0.1, 0.15) is 38.8 Å². The predicted octanol–water partition coefficient (Wildman–Crippen LogP) is 3.23. The van der Waals surface area contributed by atoms with Crippen LogP contribution in [0.2, 0.25) is 0 Å². The average molecular weight is 327 g/mol. The van der Waals surface area contributed by atoms with Crippen LogP contribution in [0.4, 0.5) is 5.69 Å². The second-order valence-electron chi connectivity index (χ2n) is 5.30. The molecule has 19 heavy (non-hydrogen) atoms. The van der Waals surface area contributed by atoms with Gasteiger partial charge in [-0.2, -0.15) is 0 Å². The number of hydrogen-bond donors (Lipinski definition) is 2. The molecule has 5 heteroatoms. The van der Waals surface area contributed by atoms with Crippen molar-refractivity contribution in [3.63, 3.8) is 0 Å². The molecule has 0 fully saturated rings. The third-order valence-electron chi connectivity index (χ3n) is 3.46. The van der Waals surface area contributed by atoms with Crippen LogP contribution in [-0.2, 0) is 4.79 Å². The molecule has 1 aliphatic heterocycles. The molecule has 0 bridgehead atoms. The van der Waals surface area contributed by atoms with Gasteiger partial charge in [-0.3, -0.25) is 4.79 Å². The number of fused-ring (bicyclic) bond motifs is 1. The van der Waals surface area contributed by atoms with Gasteiger partial charge in [-0.15, -0.1) is 0 Å². The van der Waals surface area contributed by atoms with Crippen LogP contribution < -0.4 is 15.4 Å². The number of amides is 1. The highest BCUT2D eigenvalue weighted by Crippen LogP contribution is 2.39. The van der Waals surface area contributed by atoms with Gasteiger partial charge >= 0.3 is 0 Å². The molecule has 1 heterocycles. The van der Waals surface area contributed by atoms with Gasteiger partial charge in [0.25, 0.3) is 0 Å². The van der Waals surface area contributed by atoms with Crippen molar-refractivity contribution in [1.29, 1.82) is 0 Å². The van der Waals surface area contributed by atoms with Crippen LogP contribution in [0, 0.1) is 0 Å². The lowest BCUT2D eigenvalue weighted by Crippen LogP contribution is -2.27. The Hall–Kier alpha value is -1.07. The maximum Gasteiger partial charge on any atom is 0.246 e. The van der Waals surface area contributed by atoms with Crippen molar-refractivity contribution >= 4 is 27.5 Å². The second kappa shape index (κ2) is 5.13. The number of carbonyl (C=O) groups is 1. The maximum absolute atomic E-state index is 11.8. The average Bonchev–Trinajstić information content (AvgIpc) is 2.64. The number of likely N-dealkylation sites (N-methyl/N-ethyl adjacent to an activating group) is 1. The molecule has 0 aromatic heterocycles. The first-order chi connectivity index (χ1) is 8.88. The van der Waals surface area contributed by atoms with E-state index in [1.165, 1.54) is 0 Å². The Bertz CT molecular complexity index is 514. The zero-order chi connectivity index (χ0) is 14.2. The molecule has 0 saturated carbocycles. The summed E-state index contributed by atoms with van der Waals surface area (Å²) in [5.74, 6) is 0.721. The third-order valence-corrected chi connectivity index (χ3v) is 4.08. The van der Waals surface area contributed by atoms with Crippen LogP contribution in [0.25, 0.3) is 0 Å². The van der Waals surface area contributed by atoms with E-state index in [1.54, 1.807) is 7.05 Å².